The lowest BCUT2D eigenvalue weighted by Gasteiger charge is -2.20. The van der Waals surface area contributed by atoms with Crippen LogP contribution < -0.4 is 5.32 Å². The van der Waals surface area contributed by atoms with Crippen molar-refractivity contribution in [2.75, 3.05) is 0 Å². The van der Waals surface area contributed by atoms with Crippen molar-refractivity contribution in [3.63, 3.8) is 0 Å². The van der Waals surface area contributed by atoms with E-state index in [-0.39, 0.29) is 18.4 Å². The van der Waals surface area contributed by atoms with E-state index in [1.165, 1.54) is 4.68 Å². The summed E-state index contributed by atoms with van der Waals surface area (Å²) < 4.78 is 6.44. The van der Waals surface area contributed by atoms with E-state index in [0.29, 0.717) is 11.0 Å². The molecule has 0 aliphatic rings. The van der Waals surface area contributed by atoms with Crippen LogP contribution in [0, 0.1) is 5.92 Å². The maximum absolute atomic E-state index is 12.9. The zero-order valence-corrected chi connectivity index (χ0v) is 14.6. The lowest BCUT2D eigenvalue weighted by atomic mass is 10.0. The third-order valence-corrected chi connectivity index (χ3v) is 3.98. The summed E-state index contributed by atoms with van der Waals surface area (Å²) in [6.45, 7) is 3.83. The number of benzene rings is 2. The lowest BCUT2D eigenvalue weighted by molar-refractivity contribution is 0.0792. The number of aromatic nitrogens is 3. The fraction of sp³-hybridized carbons (Fsp3) is 0.263. The number of carbonyl (C=O) groups excluding carboxylic acids is 2. The molecule has 1 unspecified atom stereocenters. The number of carbonyl (C=O) groups is 2. The Balaban J connectivity index is 1.70. The number of rotatable bonds is 5. The molecule has 0 aliphatic carbocycles. The van der Waals surface area contributed by atoms with Crippen molar-refractivity contribution >= 4 is 23.0 Å². The van der Waals surface area contributed by atoms with Gasteiger partial charge in [0.1, 0.15) is 18.2 Å². The summed E-state index contributed by atoms with van der Waals surface area (Å²) in [4.78, 5) is 25.0. The number of alkyl carbamates (subject to hydrolysis) is 1. The van der Waals surface area contributed by atoms with Crippen LogP contribution in [0.15, 0.2) is 54.6 Å². The first-order chi connectivity index (χ1) is 12.6. The van der Waals surface area contributed by atoms with Gasteiger partial charge in [-0.3, -0.25) is 4.79 Å². The molecule has 0 saturated carbocycles. The van der Waals surface area contributed by atoms with Crippen LogP contribution in [-0.4, -0.2) is 33.0 Å². The molecule has 1 N–H and O–H groups in total. The summed E-state index contributed by atoms with van der Waals surface area (Å²) in [5.41, 5.74) is 2.09. The van der Waals surface area contributed by atoms with Gasteiger partial charge in [-0.25, -0.2) is 4.79 Å². The molecule has 1 aromatic heterocycles. The number of hydrogen-bond donors (Lipinski definition) is 1. The topological polar surface area (TPSA) is 86.1 Å². The second-order valence-corrected chi connectivity index (χ2v) is 6.26. The second kappa shape index (κ2) is 7.77. The van der Waals surface area contributed by atoms with Crippen molar-refractivity contribution in [2.45, 2.75) is 26.5 Å². The molecule has 0 aliphatic heterocycles. The molecule has 0 spiro atoms. The molecule has 7 heteroatoms. The zero-order valence-electron chi connectivity index (χ0n) is 14.6. The average Bonchev–Trinajstić information content (AvgIpc) is 3.08. The first-order valence-corrected chi connectivity index (χ1v) is 8.38. The molecule has 134 valence electrons. The van der Waals surface area contributed by atoms with E-state index >= 15 is 0 Å². The van der Waals surface area contributed by atoms with Crippen molar-refractivity contribution in [3.8, 4) is 0 Å². The van der Waals surface area contributed by atoms with Gasteiger partial charge in [-0.05, 0) is 23.6 Å². The van der Waals surface area contributed by atoms with Gasteiger partial charge in [-0.2, -0.15) is 4.68 Å². The van der Waals surface area contributed by atoms with Crippen LogP contribution in [0.1, 0.15) is 24.2 Å². The molecule has 0 bridgehead atoms. The predicted molar refractivity (Wildman–Crippen MR) is 96.5 cm³/mol. The van der Waals surface area contributed by atoms with Crippen LogP contribution in [0.5, 0.6) is 0 Å². The first kappa shape index (κ1) is 17.6. The highest BCUT2D eigenvalue weighted by Crippen LogP contribution is 2.13. The number of hydrogen-bond acceptors (Lipinski definition) is 5. The minimum Gasteiger partial charge on any atom is -0.445 e. The highest BCUT2D eigenvalue weighted by atomic mass is 16.5. The monoisotopic (exact) mass is 352 g/mol. The summed E-state index contributed by atoms with van der Waals surface area (Å²) in [5, 5.41) is 10.5. The molecule has 3 aromatic rings. The Hall–Kier alpha value is -3.22. The first-order valence-electron chi connectivity index (χ1n) is 8.38. The van der Waals surface area contributed by atoms with Gasteiger partial charge in [0.25, 0.3) is 5.91 Å². The van der Waals surface area contributed by atoms with Gasteiger partial charge in [-0.1, -0.05) is 61.5 Å². The Morgan fingerprint density at radius 2 is 1.77 bits per heavy atom. The minimum absolute atomic E-state index is 0.137. The van der Waals surface area contributed by atoms with Crippen LogP contribution in [0.4, 0.5) is 4.79 Å². The fourth-order valence-electron chi connectivity index (χ4n) is 2.57. The molecular weight excluding hydrogens is 332 g/mol. The molecule has 3 rings (SSSR count). The van der Waals surface area contributed by atoms with E-state index in [1.807, 2.05) is 50.2 Å². The Kier molecular flexibility index (Phi) is 5.26. The van der Waals surface area contributed by atoms with Crippen LogP contribution in [0.25, 0.3) is 11.0 Å². The normalized spacial score (nSPS) is 12.1. The Bertz CT molecular complexity index is 905. The van der Waals surface area contributed by atoms with Gasteiger partial charge in [0.05, 0.1) is 5.52 Å². The van der Waals surface area contributed by atoms with E-state index in [2.05, 4.69) is 15.6 Å². The van der Waals surface area contributed by atoms with Crippen LogP contribution >= 0.6 is 0 Å². The molecule has 7 nitrogen and oxygen atoms in total. The van der Waals surface area contributed by atoms with E-state index in [0.717, 1.165) is 5.56 Å². The Labute approximate surface area is 151 Å². The number of nitrogens with one attached hydrogen (secondary N) is 1. The maximum atomic E-state index is 12.9. The summed E-state index contributed by atoms with van der Waals surface area (Å²) in [7, 11) is 0. The molecule has 1 heterocycles. The number of ether oxygens (including phenoxy) is 1. The molecule has 0 saturated heterocycles. The van der Waals surface area contributed by atoms with Gasteiger partial charge < -0.3 is 10.1 Å². The summed E-state index contributed by atoms with van der Waals surface area (Å²) in [6, 6.07) is 15.7. The minimum atomic E-state index is -0.775. The van der Waals surface area contributed by atoms with E-state index in [1.54, 1.807) is 18.2 Å². The van der Waals surface area contributed by atoms with Crippen molar-refractivity contribution in [1.29, 1.82) is 0 Å². The molecule has 2 aromatic carbocycles. The van der Waals surface area contributed by atoms with Crippen molar-refractivity contribution in [3.05, 3.63) is 60.2 Å². The van der Waals surface area contributed by atoms with Crippen LogP contribution in [0.3, 0.4) is 0 Å². The SMILES string of the molecule is CC(C)C(NC(=O)OCc1ccccc1)C(=O)n1nnc2ccccc21. The Morgan fingerprint density at radius 1 is 1.08 bits per heavy atom. The van der Waals surface area contributed by atoms with Gasteiger partial charge in [0.2, 0.25) is 0 Å². The van der Waals surface area contributed by atoms with Crippen LogP contribution in [0.2, 0.25) is 0 Å². The predicted octanol–water partition coefficient (Wildman–Crippen LogP) is 3.02. The molecular formula is C19H20N4O3. The average molecular weight is 352 g/mol. The second-order valence-electron chi connectivity index (χ2n) is 6.26. The maximum Gasteiger partial charge on any atom is 0.408 e. The number of fused-ring (bicyclic) bond motifs is 1. The highest BCUT2D eigenvalue weighted by Gasteiger charge is 2.28. The molecule has 1 amide bonds. The molecule has 1 atom stereocenters. The molecule has 0 fully saturated rings. The summed E-state index contributed by atoms with van der Waals surface area (Å²) in [6.07, 6.45) is -0.648. The fourth-order valence-corrected chi connectivity index (χ4v) is 2.57. The third kappa shape index (κ3) is 3.88. The highest BCUT2D eigenvalue weighted by molar-refractivity contribution is 5.93. The number of amides is 1. The third-order valence-electron chi connectivity index (χ3n) is 3.98. The van der Waals surface area contributed by atoms with Crippen LogP contribution in [-0.2, 0) is 11.3 Å². The standard InChI is InChI=1S/C19H20N4O3/c1-13(2)17(20-19(25)26-12-14-8-4-3-5-9-14)18(24)23-16-11-7-6-10-15(16)21-22-23/h3-11,13,17H,12H2,1-2H3,(H,20,25). The van der Waals surface area contributed by atoms with Gasteiger partial charge in [0, 0.05) is 0 Å². The zero-order chi connectivity index (χ0) is 18.5. The van der Waals surface area contributed by atoms with Crippen molar-refractivity contribution < 1.29 is 14.3 Å². The summed E-state index contributed by atoms with van der Waals surface area (Å²) in [5.74, 6) is -0.500. The Morgan fingerprint density at radius 3 is 2.50 bits per heavy atom. The van der Waals surface area contributed by atoms with E-state index in [9.17, 15) is 9.59 Å². The quantitative estimate of drug-likeness (QED) is 0.763. The number of para-hydroxylation sites is 1. The van der Waals surface area contributed by atoms with Gasteiger partial charge in [0.15, 0.2) is 0 Å². The van der Waals surface area contributed by atoms with Crippen molar-refractivity contribution in [2.24, 2.45) is 5.92 Å². The van der Waals surface area contributed by atoms with E-state index in [4.69, 9.17) is 4.74 Å². The van der Waals surface area contributed by atoms with Crippen molar-refractivity contribution in [1.82, 2.24) is 20.3 Å². The summed E-state index contributed by atoms with van der Waals surface area (Å²) >= 11 is 0. The smallest absolute Gasteiger partial charge is 0.408 e. The van der Waals surface area contributed by atoms with E-state index < -0.39 is 12.1 Å². The van der Waals surface area contributed by atoms with Gasteiger partial charge in [-0.15, -0.1) is 5.10 Å². The molecule has 0 radical (unpaired) electrons. The lowest BCUT2D eigenvalue weighted by Crippen LogP contribution is -2.47. The largest absolute Gasteiger partial charge is 0.445 e. The van der Waals surface area contributed by atoms with Gasteiger partial charge >= 0.3 is 6.09 Å². The number of nitrogens with zero attached hydrogens (tertiary/aromatic N) is 3. The molecule has 26 heavy (non-hydrogen) atoms.